The van der Waals surface area contributed by atoms with E-state index in [0.717, 1.165) is 22.3 Å². The molecule has 0 fully saturated rings. The van der Waals surface area contributed by atoms with Crippen LogP contribution in [-0.4, -0.2) is 41.8 Å². The highest BCUT2D eigenvalue weighted by atomic mass is 16.5. The van der Waals surface area contributed by atoms with Crippen molar-refractivity contribution in [3.8, 4) is 11.1 Å². The van der Waals surface area contributed by atoms with Crippen LogP contribution in [-0.2, 0) is 14.3 Å². The summed E-state index contributed by atoms with van der Waals surface area (Å²) in [6.45, 7) is 7.36. The highest BCUT2D eigenvalue weighted by Crippen LogP contribution is 2.44. The monoisotopic (exact) mass is 466 g/mol. The number of fused-ring (bicyclic) bond motifs is 3. The minimum Gasteiger partial charge on any atom is -0.481 e. The summed E-state index contributed by atoms with van der Waals surface area (Å²) >= 11 is 0. The molecule has 0 radical (unpaired) electrons. The van der Waals surface area contributed by atoms with Crippen LogP contribution in [0, 0.1) is 11.8 Å². The average molecular weight is 467 g/mol. The summed E-state index contributed by atoms with van der Waals surface area (Å²) in [5.74, 6) is -2.30. The second-order valence-electron chi connectivity index (χ2n) is 9.22. The number of rotatable bonds is 10. The number of hydrogen-bond acceptors (Lipinski definition) is 4. The minimum absolute atomic E-state index is 0.0704. The van der Waals surface area contributed by atoms with Crippen molar-refractivity contribution < 1.29 is 24.2 Å². The first-order chi connectivity index (χ1) is 16.2. The van der Waals surface area contributed by atoms with Crippen molar-refractivity contribution >= 4 is 18.0 Å². The molecule has 182 valence electrons. The van der Waals surface area contributed by atoms with E-state index in [0.29, 0.717) is 12.8 Å². The SMILES string of the molecule is CCC[C@H](NC(=O)OCC1c2ccccc2-c2ccccc21)C(=O)NC(C)C(C(=O)O)C(C)C. The van der Waals surface area contributed by atoms with Gasteiger partial charge in [-0.2, -0.15) is 0 Å². The number of alkyl carbamates (subject to hydrolysis) is 1. The van der Waals surface area contributed by atoms with Crippen LogP contribution >= 0.6 is 0 Å². The normalized spacial score (nSPS) is 15.1. The van der Waals surface area contributed by atoms with Gasteiger partial charge in [-0.25, -0.2) is 4.79 Å². The van der Waals surface area contributed by atoms with E-state index >= 15 is 0 Å². The number of carboxylic acid groups (broad SMARTS) is 1. The van der Waals surface area contributed by atoms with Gasteiger partial charge in [-0.15, -0.1) is 0 Å². The van der Waals surface area contributed by atoms with E-state index in [-0.39, 0.29) is 18.4 Å². The molecule has 0 aromatic heterocycles. The maximum atomic E-state index is 12.8. The maximum Gasteiger partial charge on any atom is 0.407 e. The number of carbonyl (C=O) groups excluding carboxylic acids is 2. The number of aliphatic carboxylic acids is 1. The van der Waals surface area contributed by atoms with Crippen molar-refractivity contribution in [3.63, 3.8) is 0 Å². The molecule has 0 aliphatic heterocycles. The molecule has 0 saturated carbocycles. The lowest BCUT2D eigenvalue weighted by Gasteiger charge is -2.27. The van der Waals surface area contributed by atoms with Gasteiger partial charge in [0.2, 0.25) is 5.91 Å². The molecule has 2 unspecified atom stereocenters. The van der Waals surface area contributed by atoms with Gasteiger partial charge < -0.3 is 20.5 Å². The highest BCUT2D eigenvalue weighted by Gasteiger charge is 2.32. The quantitative estimate of drug-likeness (QED) is 0.476. The zero-order chi connectivity index (χ0) is 24.8. The van der Waals surface area contributed by atoms with Crippen molar-refractivity contribution in [2.24, 2.45) is 11.8 Å². The fourth-order valence-corrected chi connectivity index (χ4v) is 4.83. The molecule has 2 aromatic carbocycles. The van der Waals surface area contributed by atoms with Gasteiger partial charge in [0.05, 0.1) is 5.92 Å². The van der Waals surface area contributed by atoms with Crippen LogP contribution in [0.1, 0.15) is 57.6 Å². The topological polar surface area (TPSA) is 105 Å². The lowest BCUT2D eigenvalue weighted by molar-refractivity contribution is -0.144. The summed E-state index contributed by atoms with van der Waals surface area (Å²) in [4.78, 5) is 37.1. The van der Waals surface area contributed by atoms with E-state index < -0.39 is 36.0 Å². The fourth-order valence-electron chi connectivity index (χ4n) is 4.83. The zero-order valence-corrected chi connectivity index (χ0v) is 20.2. The van der Waals surface area contributed by atoms with Crippen molar-refractivity contribution in [2.75, 3.05) is 6.61 Å². The molecule has 3 rings (SSSR count). The predicted octanol–water partition coefficient (Wildman–Crippen LogP) is 4.56. The summed E-state index contributed by atoms with van der Waals surface area (Å²) in [5.41, 5.74) is 4.51. The third-order valence-corrected chi connectivity index (χ3v) is 6.44. The summed E-state index contributed by atoms with van der Waals surface area (Å²) in [7, 11) is 0. The Morgan fingerprint density at radius 3 is 2.00 bits per heavy atom. The van der Waals surface area contributed by atoms with E-state index in [2.05, 4.69) is 22.8 Å². The zero-order valence-electron chi connectivity index (χ0n) is 20.2. The summed E-state index contributed by atoms with van der Waals surface area (Å²) in [6, 6.07) is 14.8. The second-order valence-corrected chi connectivity index (χ2v) is 9.22. The van der Waals surface area contributed by atoms with E-state index in [1.54, 1.807) is 20.8 Å². The Balaban J connectivity index is 1.63. The van der Waals surface area contributed by atoms with Crippen LogP contribution in [0.5, 0.6) is 0 Å². The molecule has 7 nitrogen and oxygen atoms in total. The first-order valence-electron chi connectivity index (χ1n) is 11.9. The Kier molecular flexibility index (Phi) is 8.31. The molecule has 7 heteroatoms. The lowest BCUT2D eigenvalue weighted by Crippen LogP contribution is -2.52. The van der Waals surface area contributed by atoms with Gasteiger partial charge in [0, 0.05) is 12.0 Å². The Bertz CT molecular complexity index is 990. The van der Waals surface area contributed by atoms with Gasteiger partial charge in [-0.3, -0.25) is 9.59 Å². The highest BCUT2D eigenvalue weighted by molar-refractivity contribution is 5.86. The smallest absolute Gasteiger partial charge is 0.407 e. The number of hydrogen-bond donors (Lipinski definition) is 3. The van der Waals surface area contributed by atoms with Gasteiger partial charge in [-0.1, -0.05) is 75.7 Å². The van der Waals surface area contributed by atoms with E-state index in [9.17, 15) is 19.5 Å². The maximum absolute atomic E-state index is 12.8. The van der Waals surface area contributed by atoms with Gasteiger partial charge in [0.25, 0.3) is 0 Å². The molecule has 2 amide bonds. The van der Waals surface area contributed by atoms with Crippen LogP contribution in [0.4, 0.5) is 4.79 Å². The Morgan fingerprint density at radius 2 is 1.50 bits per heavy atom. The molecule has 1 aliphatic carbocycles. The van der Waals surface area contributed by atoms with E-state index in [1.807, 2.05) is 43.3 Å². The number of amides is 2. The Morgan fingerprint density at radius 1 is 0.941 bits per heavy atom. The molecular weight excluding hydrogens is 432 g/mol. The van der Waals surface area contributed by atoms with Crippen LogP contribution < -0.4 is 10.6 Å². The Labute approximate surface area is 200 Å². The second kappa shape index (κ2) is 11.2. The van der Waals surface area contributed by atoms with Crippen molar-refractivity contribution in [3.05, 3.63) is 59.7 Å². The largest absolute Gasteiger partial charge is 0.481 e. The standard InChI is InChI=1S/C27H34N2O5/c1-5-10-23(25(30)28-17(4)24(16(2)3)26(31)32)29-27(33)34-15-22-20-13-8-6-11-18(20)19-12-7-9-14-21(19)22/h6-9,11-14,16-17,22-24H,5,10,15H2,1-4H3,(H,28,30)(H,29,33)(H,31,32)/t17?,23-,24?/m0/s1. The van der Waals surface area contributed by atoms with Crippen LogP contribution in [0.25, 0.3) is 11.1 Å². The summed E-state index contributed by atoms with van der Waals surface area (Å²) in [6.07, 6.45) is 0.423. The summed E-state index contributed by atoms with van der Waals surface area (Å²) in [5, 5.41) is 14.9. The van der Waals surface area contributed by atoms with Gasteiger partial charge in [0.1, 0.15) is 12.6 Å². The molecule has 3 N–H and O–H groups in total. The third-order valence-electron chi connectivity index (χ3n) is 6.44. The molecule has 0 bridgehead atoms. The first-order valence-corrected chi connectivity index (χ1v) is 11.9. The lowest BCUT2D eigenvalue weighted by atomic mass is 9.89. The number of benzene rings is 2. The van der Waals surface area contributed by atoms with Crippen LogP contribution in [0.15, 0.2) is 48.5 Å². The molecule has 0 heterocycles. The van der Waals surface area contributed by atoms with Crippen LogP contribution in [0.3, 0.4) is 0 Å². The van der Waals surface area contributed by atoms with Crippen molar-refractivity contribution in [1.29, 1.82) is 0 Å². The van der Waals surface area contributed by atoms with E-state index in [1.165, 1.54) is 0 Å². The third kappa shape index (κ3) is 5.58. The predicted molar refractivity (Wildman–Crippen MR) is 130 cm³/mol. The molecular formula is C27H34N2O5. The fraction of sp³-hybridized carbons (Fsp3) is 0.444. The number of nitrogens with one attached hydrogen (secondary N) is 2. The molecule has 34 heavy (non-hydrogen) atoms. The average Bonchev–Trinajstić information content (AvgIpc) is 3.10. The Hall–Kier alpha value is -3.35. The van der Waals surface area contributed by atoms with Gasteiger partial charge in [0.15, 0.2) is 0 Å². The molecule has 3 atom stereocenters. The number of carboxylic acids is 1. The number of carbonyl (C=O) groups is 3. The van der Waals surface area contributed by atoms with Gasteiger partial charge in [-0.05, 0) is 41.5 Å². The molecule has 2 aromatic rings. The first kappa shape index (κ1) is 25.3. The number of ether oxygens (including phenoxy) is 1. The van der Waals surface area contributed by atoms with Crippen molar-refractivity contribution in [1.82, 2.24) is 10.6 Å². The molecule has 0 spiro atoms. The van der Waals surface area contributed by atoms with Crippen molar-refractivity contribution in [2.45, 2.75) is 58.5 Å². The van der Waals surface area contributed by atoms with E-state index in [4.69, 9.17) is 4.74 Å². The minimum atomic E-state index is -0.959. The molecule has 1 aliphatic rings. The molecule has 0 saturated heterocycles. The summed E-state index contributed by atoms with van der Waals surface area (Å²) < 4.78 is 5.57. The van der Waals surface area contributed by atoms with Crippen LogP contribution in [0.2, 0.25) is 0 Å². The van der Waals surface area contributed by atoms with Gasteiger partial charge >= 0.3 is 12.1 Å².